The molecule has 0 radical (unpaired) electrons. The van der Waals surface area contributed by atoms with Gasteiger partial charge in [0.15, 0.2) is 0 Å². The minimum absolute atomic E-state index is 0.261. The van der Waals surface area contributed by atoms with E-state index in [1.165, 1.54) is 6.42 Å². The maximum absolute atomic E-state index is 3.48. The first kappa shape index (κ1) is 8.69. The fourth-order valence-corrected chi connectivity index (χ4v) is 2.16. The molecule has 0 amide bonds. The van der Waals surface area contributed by atoms with Crippen LogP contribution in [0.1, 0.15) is 27.2 Å². The summed E-state index contributed by atoms with van der Waals surface area (Å²) in [6.07, 6.45) is 1.22. The van der Waals surface area contributed by atoms with E-state index < -0.39 is 0 Å². The summed E-state index contributed by atoms with van der Waals surface area (Å²) >= 11 is 0.261. The van der Waals surface area contributed by atoms with Gasteiger partial charge in [0.25, 0.3) is 0 Å². The zero-order chi connectivity index (χ0) is 6.62. The van der Waals surface area contributed by atoms with E-state index in [4.69, 9.17) is 0 Å². The van der Waals surface area contributed by atoms with Crippen LogP contribution in [0, 0.1) is 0 Å². The molecule has 0 saturated heterocycles. The number of nitrogens with one attached hydrogen (secondary N) is 1. The van der Waals surface area contributed by atoms with Gasteiger partial charge in [0.1, 0.15) is 0 Å². The molecule has 0 fully saturated rings. The van der Waals surface area contributed by atoms with Crippen LogP contribution in [0.3, 0.4) is 0 Å². The van der Waals surface area contributed by atoms with Gasteiger partial charge in [-0.2, -0.15) is 0 Å². The van der Waals surface area contributed by atoms with Crippen molar-refractivity contribution >= 4 is 0 Å². The Bertz CT molecular complexity index is 61.5. The van der Waals surface area contributed by atoms with Crippen LogP contribution in [0.15, 0.2) is 0 Å². The second-order valence-electron chi connectivity index (χ2n) is 2.52. The van der Waals surface area contributed by atoms with Crippen molar-refractivity contribution in [2.24, 2.45) is 0 Å². The van der Waals surface area contributed by atoms with E-state index in [-0.39, 0.29) is 21.5 Å². The zero-order valence-electron chi connectivity index (χ0n) is 6.09. The van der Waals surface area contributed by atoms with Crippen LogP contribution in [-0.2, 0) is 0 Å². The normalized spacial score (nSPS) is 12.5. The van der Waals surface area contributed by atoms with Gasteiger partial charge in [-0.1, -0.05) is 0 Å². The average molecular weight is 228 g/mol. The van der Waals surface area contributed by atoms with Crippen molar-refractivity contribution in [2.45, 2.75) is 32.7 Å². The Hall–Kier alpha value is 0.690. The van der Waals surface area contributed by atoms with E-state index in [0.29, 0.717) is 5.54 Å². The molecule has 8 heavy (non-hydrogen) atoms. The molecule has 0 rings (SSSR count). The van der Waals surface area contributed by atoms with Crippen LogP contribution in [0.5, 0.6) is 0 Å². The quantitative estimate of drug-likeness (QED) is 0.348. The Labute approximate surface area is 62.9 Å². The molecule has 2 heteroatoms. The van der Waals surface area contributed by atoms with Crippen molar-refractivity contribution in [3.63, 3.8) is 0 Å². The first-order chi connectivity index (χ1) is 3.62. The standard InChI is InChI=1S/C6H15IN/c1-5-6(2,3)8-7-4/h8H,5H2,1-4H3/q-1. The molecule has 0 atom stereocenters. The second-order valence-corrected chi connectivity index (χ2v) is 4.14. The molecule has 1 nitrogen and oxygen atoms in total. The number of halogens is 1. The summed E-state index contributed by atoms with van der Waals surface area (Å²) in [5, 5.41) is 0. The van der Waals surface area contributed by atoms with Gasteiger partial charge in [-0.3, -0.25) is 0 Å². The first-order valence-electron chi connectivity index (χ1n) is 2.88. The van der Waals surface area contributed by atoms with Crippen molar-refractivity contribution < 1.29 is 21.5 Å². The van der Waals surface area contributed by atoms with Gasteiger partial charge < -0.3 is 0 Å². The Kier molecular flexibility index (Phi) is 3.98. The van der Waals surface area contributed by atoms with E-state index in [9.17, 15) is 0 Å². The van der Waals surface area contributed by atoms with Crippen LogP contribution in [0.4, 0.5) is 0 Å². The summed E-state index contributed by atoms with van der Waals surface area (Å²) in [6, 6.07) is 0. The summed E-state index contributed by atoms with van der Waals surface area (Å²) in [4.78, 5) is 2.25. The molecule has 1 N–H and O–H groups in total. The summed E-state index contributed by atoms with van der Waals surface area (Å²) < 4.78 is 3.48. The fraction of sp³-hybridized carbons (Fsp3) is 1.00. The van der Waals surface area contributed by atoms with Gasteiger partial charge in [-0.05, 0) is 0 Å². The van der Waals surface area contributed by atoms with E-state index in [0.717, 1.165) is 0 Å². The van der Waals surface area contributed by atoms with Crippen LogP contribution in [0.2, 0.25) is 0 Å². The van der Waals surface area contributed by atoms with Gasteiger partial charge in [-0.25, -0.2) is 0 Å². The van der Waals surface area contributed by atoms with Gasteiger partial charge in [0.2, 0.25) is 0 Å². The SMILES string of the molecule is CCC(C)(C)N[I-]C. The number of rotatable bonds is 3. The Morgan fingerprint density at radius 1 is 1.50 bits per heavy atom. The van der Waals surface area contributed by atoms with Crippen LogP contribution in [0.25, 0.3) is 0 Å². The molecule has 0 saturated carbocycles. The Morgan fingerprint density at radius 3 is 2.12 bits per heavy atom. The van der Waals surface area contributed by atoms with E-state index >= 15 is 0 Å². The Balaban J connectivity index is 3.37. The van der Waals surface area contributed by atoms with Crippen molar-refractivity contribution in [1.82, 2.24) is 3.53 Å². The van der Waals surface area contributed by atoms with Crippen LogP contribution in [-0.4, -0.2) is 10.5 Å². The summed E-state index contributed by atoms with van der Waals surface area (Å²) in [7, 11) is 0. The summed E-state index contributed by atoms with van der Waals surface area (Å²) in [6.45, 7) is 6.71. The minimum atomic E-state index is 0.261. The van der Waals surface area contributed by atoms with Crippen LogP contribution < -0.4 is 25.0 Å². The first-order valence-corrected chi connectivity index (χ1v) is 6.11. The molecule has 0 aliphatic rings. The molecule has 0 bridgehead atoms. The maximum atomic E-state index is 3.48. The molecule has 0 spiro atoms. The van der Waals surface area contributed by atoms with Crippen LogP contribution >= 0.6 is 0 Å². The van der Waals surface area contributed by atoms with Gasteiger partial charge in [-0.15, -0.1) is 0 Å². The second kappa shape index (κ2) is 3.67. The number of alkyl halides is 1. The molecule has 0 aliphatic heterocycles. The molecule has 0 aromatic carbocycles. The molecule has 0 aromatic heterocycles. The van der Waals surface area contributed by atoms with E-state index in [1.54, 1.807) is 0 Å². The third-order valence-corrected chi connectivity index (χ3v) is 3.23. The van der Waals surface area contributed by atoms with Crippen molar-refractivity contribution in [3.05, 3.63) is 0 Å². The predicted octanol–water partition coefficient (Wildman–Crippen LogP) is -1.60. The molecule has 0 heterocycles. The van der Waals surface area contributed by atoms with Crippen molar-refractivity contribution in [3.8, 4) is 0 Å². The van der Waals surface area contributed by atoms with Gasteiger partial charge in [0, 0.05) is 0 Å². The molecule has 0 aliphatic carbocycles. The van der Waals surface area contributed by atoms with Crippen molar-refractivity contribution in [1.29, 1.82) is 0 Å². The number of hydrogen-bond acceptors (Lipinski definition) is 1. The summed E-state index contributed by atoms with van der Waals surface area (Å²) in [5.74, 6) is 0. The zero-order valence-corrected chi connectivity index (χ0v) is 8.24. The van der Waals surface area contributed by atoms with E-state index in [2.05, 4.69) is 29.2 Å². The molecule has 0 unspecified atom stereocenters. The average Bonchev–Trinajstić information content (AvgIpc) is 1.67. The number of hydrogen-bond donors (Lipinski definition) is 1. The fourth-order valence-electron chi connectivity index (χ4n) is 0.323. The third kappa shape index (κ3) is 3.66. The third-order valence-electron chi connectivity index (χ3n) is 1.23. The molecular formula is C6H15IN-. The Morgan fingerprint density at radius 2 is 2.00 bits per heavy atom. The topological polar surface area (TPSA) is 12.0 Å². The molecule has 52 valence electrons. The van der Waals surface area contributed by atoms with E-state index in [1.807, 2.05) is 0 Å². The molecule has 0 aromatic rings. The van der Waals surface area contributed by atoms with Gasteiger partial charge in [0.05, 0.1) is 0 Å². The van der Waals surface area contributed by atoms with Crippen molar-refractivity contribution in [2.75, 3.05) is 4.93 Å². The molecular weight excluding hydrogens is 213 g/mol. The predicted molar refractivity (Wildman–Crippen MR) is 33.4 cm³/mol. The van der Waals surface area contributed by atoms with Gasteiger partial charge >= 0.3 is 62.7 Å². The monoisotopic (exact) mass is 228 g/mol. The summed E-state index contributed by atoms with van der Waals surface area (Å²) in [5.41, 5.74) is 0.391.